The van der Waals surface area contributed by atoms with Crippen molar-refractivity contribution in [2.24, 2.45) is 5.84 Å². The summed E-state index contributed by atoms with van der Waals surface area (Å²) >= 11 is 1.42. The fourth-order valence-corrected chi connectivity index (χ4v) is 1.32. The highest BCUT2D eigenvalue weighted by atomic mass is 35.5. The van der Waals surface area contributed by atoms with Gasteiger partial charge in [-0.15, -0.1) is 36.6 Å². The number of hydrazine groups is 1. The van der Waals surface area contributed by atoms with E-state index in [9.17, 15) is 4.79 Å². The number of thioether (sulfide) groups is 1. The number of carbonyl (C=O) groups is 1. The molecule has 3 N–H and O–H groups in total. The first kappa shape index (κ1) is 16.0. The Morgan fingerprint density at radius 1 is 1.43 bits per heavy atom. The Kier molecular flexibility index (Phi) is 10.4. The van der Waals surface area contributed by atoms with E-state index in [2.05, 4.69) is 10.4 Å². The van der Waals surface area contributed by atoms with Crippen molar-refractivity contribution in [1.82, 2.24) is 10.4 Å². The van der Waals surface area contributed by atoms with E-state index >= 15 is 0 Å². The van der Waals surface area contributed by atoms with E-state index in [1.807, 2.05) is 12.1 Å². The molecule has 0 saturated carbocycles. The Hall–Kier alpha value is -0.490. The largest absolute Gasteiger partial charge is 0.294 e. The molecule has 14 heavy (non-hydrogen) atoms. The molecule has 0 aromatic carbocycles. The lowest BCUT2D eigenvalue weighted by Crippen LogP contribution is -2.31. The van der Waals surface area contributed by atoms with Crippen LogP contribution < -0.4 is 11.3 Å². The molecule has 1 amide bonds. The standard InChI is InChI=1S/C7H9N3OS.2ClH/c8-10-7(11)5-12-6-1-3-9-4-2-6;;/h1-4H,5,8H2,(H,10,11);2*1H. The maximum absolute atomic E-state index is 10.7. The predicted molar refractivity (Wildman–Crippen MR) is 61.8 cm³/mol. The number of carbonyl (C=O) groups excluding carboxylic acids is 1. The molecule has 0 bridgehead atoms. The monoisotopic (exact) mass is 255 g/mol. The lowest BCUT2D eigenvalue weighted by Gasteiger charge is -1.98. The Morgan fingerprint density at radius 2 is 2.00 bits per heavy atom. The summed E-state index contributed by atoms with van der Waals surface area (Å²) in [5.74, 6) is 5.06. The van der Waals surface area contributed by atoms with E-state index in [4.69, 9.17) is 5.84 Å². The van der Waals surface area contributed by atoms with Crippen molar-refractivity contribution in [3.8, 4) is 0 Å². The number of hydrogen-bond donors (Lipinski definition) is 2. The zero-order chi connectivity index (χ0) is 8.81. The van der Waals surface area contributed by atoms with E-state index in [0.717, 1.165) is 4.90 Å². The van der Waals surface area contributed by atoms with E-state index in [-0.39, 0.29) is 30.7 Å². The first-order chi connectivity index (χ1) is 5.83. The van der Waals surface area contributed by atoms with Crippen LogP contribution in [0, 0.1) is 0 Å². The zero-order valence-corrected chi connectivity index (χ0v) is 9.62. The van der Waals surface area contributed by atoms with Gasteiger partial charge in [0.05, 0.1) is 5.75 Å². The fourth-order valence-electron chi connectivity index (χ4n) is 0.625. The highest BCUT2D eigenvalue weighted by molar-refractivity contribution is 8.00. The number of halogens is 2. The number of amides is 1. The summed E-state index contributed by atoms with van der Waals surface area (Å²) < 4.78 is 0. The van der Waals surface area contributed by atoms with Gasteiger partial charge < -0.3 is 0 Å². The van der Waals surface area contributed by atoms with Gasteiger partial charge in [-0.3, -0.25) is 15.2 Å². The molecule has 4 nitrogen and oxygen atoms in total. The molecule has 0 aliphatic heterocycles. The molecule has 0 aliphatic carbocycles. The lowest BCUT2D eigenvalue weighted by molar-refractivity contribution is -0.118. The number of rotatable bonds is 3. The second-order valence-electron chi connectivity index (χ2n) is 2.04. The maximum Gasteiger partial charge on any atom is 0.244 e. The molecule has 1 rings (SSSR count). The average Bonchev–Trinajstić information content (AvgIpc) is 2.16. The summed E-state index contributed by atoms with van der Waals surface area (Å²) in [6, 6.07) is 3.68. The summed E-state index contributed by atoms with van der Waals surface area (Å²) in [5.41, 5.74) is 2.06. The first-order valence-electron chi connectivity index (χ1n) is 3.35. The van der Waals surface area contributed by atoms with E-state index < -0.39 is 0 Å². The van der Waals surface area contributed by atoms with E-state index in [0.29, 0.717) is 5.75 Å². The predicted octanol–water partition coefficient (Wildman–Crippen LogP) is 1.01. The molecule has 0 aliphatic rings. The van der Waals surface area contributed by atoms with Crippen LogP contribution in [-0.2, 0) is 4.79 Å². The van der Waals surface area contributed by atoms with Crippen LogP contribution in [0.3, 0.4) is 0 Å². The van der Waals surface area contributed by atoms with Gasteiger partial charge in [0.1, 0.15) is 0 Å². The van der Waals surface area contributed by atoms with Crippen molar-refractivity contribution in [2.45, 2.75) is 4.90 Å². The third kappa shape index (κ3) is 6.04. The molecule has 0 radical (unpaired) electrons. The molecule has 0 unspecified atom stereocenters. The lowest BCUT2D eigenvalue weighted by atomic mass is 10.5. The second-order valence-corrected chi connectivity index (χ2v) is 3.09. The number of nitrogens with zero attached hydrogens (tertiary/aromatic N) is 1. The van der Waals surface area contributed by atoms with Crippen LogP contribution in [0.1, 0.15) is 0 Å². The third-order valence-electron chi connectivity index (χ3n) is 1.18. The highest BCUT2D eigenvalue weighted by Gasteiger charge is 1.98. The number of aromatic nitrogens is 1. The minimum atomic E-state index is -0.184. The van der Waals surface area contributed by atoms with Crippen molar-refractivity contribution in [1.29, 1.82) is 0 Å². The van der Waals surface area contributed by atoms with Crippen molar-refractivity contribution in [2.75, 3.05) is 5.75 Å². The number of nitrogens with two attached hydrogens (primary N) is 1. The van der Waals surface area contributed by atoms with Gasteiger partial charge in [-0.25, -0.2) is 5.84 Å². The summed E-state index contributed by atoms with van der Waals surface area (Å²) in [4.78, 5) is 15.6. The number of hydrogen-bond acceptors (Lipinski definition) is 4. The number of nitrogens with one attached hydrogen (secondary N) is 1. The van der Waals surface area contributed by atoms with Crippen LogP contribution in [-0.4, -0.2) is 16.6 Å². The van der Waals surface area contributed by atoms with Gasteiger partial charge in [0.25, 0.3) is 0 Å². The second kappa shape index (κ2) is 9.08. The molecule has 0 atom stereocenters. The Balaban J connectivity index is 0. The van der Waals surface area contributed by atoms with Crippen molar-refractivity contribution < 1.29 is 4.79 Å². The Labute approximate surface area is 98.8 Å². The molecule has 0 spiro atoms. The third-order valence-corrected chi connectivity index (χ3v) is 2.19. The molecular weight excluding hydrogens is 245 g/mol. The van der Waals surface area contributed by atoms with Gasteiger partial charge in [0.15, 0.2) is 0 Å². The van der Waals surface area contributed by atoms with Crippen molar-refractivity contribution >= 4 is 42.5 Å². The van der Waals surface area contributed by atoms with Gasteiger partial charge in [-0.05, 0) is 12.1 Å². The van der Waals surface area contributed by atoms with Gasteiger partial charge in [0, 0.05) is 17.3 Å². The minimum Gasteiger partial charge on any atom is -0.294 e. The van der Waals surface area contributed by atoms with Gasteiger partial charge >= 0.3 is 0 Å². The van der Waals surface area contributed by atoms with Crippen molar-refractivity contribution in [3.05, 3.63) is 24.5 Å². The van der Waals surface area contributed by atoms with Crippen LogP contribution in [0.15, 0.2) is 29.4 Å². The van der Waals surface area contributed by atoms with Crippen LogP contribution in [0.2, 0.25) is 0 Å². The molecule has 1 heterocycles. The molecule has 80 valence electrons. The summed E-state index contributed by atoms with van der Waals surface area (Å²) in [6.07, 6.45) is 3.37. The normalized spacial score (nSPS) is 8.07. The smallest absolute Gasteiger partial charge is 0.244 e. The first-order valence-corrected chi connectivity index (χ1v) is 4.34. The molecule has 7 heteroatoms. The molecule has 0 saturated heterocycles. The summed E-state index contributed by atoms with van der Waals surface area (Å²) in [7, 11) is 0. The van der Waals surface area contributed by atoms with Crippen LogP contribution in [0.5, 0.6) is 0 Å². The SMILES string of the molecule is Cl.Cl.NNC(=O)CSc1ccncc1. The fraction of sp³-hybridized carbons (Fsp3) is 0.143. The minimum absolute atomic E-state index is 0. The maximum atomic E-state index is 10.7. The quantitative estimate of drug-likeness (QED) is 0.366. The Bertz CT molecular complexity index is 260. The Morgan fingerprint density at radius 3 is 2.50 bits per heavy atom. The van der Waals surface area contributed by atoms with Crippen LogP contribution in [0.25, 0.3) is 0 Å². The topological polar surface area (TPSA) is 68.0 Å². The molecular formula is C7H11Cl2N3OS. The zero-order valence-electron chi connectivity index (χ0n) is 7.17. The van der Waals surface area contributed by atoms with Gasteiger partial charge in [0.2, 0.25) is 5.91 Å². The van der Waals surface area contributed by atoms with Crippen LogP contribution in [0.4, 0.5) is 0 Å². The molecule has 1 aromatic heterocycles. The molecule has 0 fully saturated rings. The molecule has 1 aromatic rings. The van der Waals surface area contributed by atoms with Gasteiger partial charge in [-0.2, -0.15) is 0 Å². The summed E-state index contributed by atoms with van der Waals surface area (Å²) in [5, 5.41) is 0. The van der Waals surface area contributed by atoms with E-state index in [1.165, 1.54) is 11.8 Å². The van der Waals surface area contributed by atoms with E-state index in [1.54, 1.807) is 12.4 Å². The van der Waals surface area contributed by atoms with Crippen molar-refractivity contribution in [3.63, 3.8) is 0 Å². The van der Waals surface area contributed by atoms with Gasteiger partial charge in [-0.1, -0.05) is 0 Å². The summed E-state index contributed by atoms with van der Waals surface area (Å²) in [6.45, 7) is 0. The average molecular weight is 256 g/mol. The highest BCUT2D eigenvalue weighted by Crippen LogP contribution is 2.14. The number of pyridine rings is 1. The van der Waals surface area contributed by atoms with Crippen LogP contribution >= 0.6 is 36.6 Å².